The second-order valence-electron chi connectivity index (χ2n) is 7.95. The van der Waals surface area contributed by atoms with Crippen molar-refractivity contribution in [1.82, 2.24) is 4.90 Å². The Bertz CT molecular complexity index is 1040. The van der Waals surface area contributed by atoms with E-state index in [-0.39, 0.29) is 0 Å². The van der Waals surface area contributed by atoms with Gasteiger partial charge in [0, 0.05) is 24.2 Å². The summed E-state index contributed by atoms with van der Waals surface area (Å²) in [7, 11) is 3.37. The summed E-state index contributed by atoms with van der Waals surface area (Å²) in [6, 6.07) is 20.4. The lowest BCUT2D eigenvalue weighted by atomic mass is 9.96. The molecule has 0 saturated carbocycles. The third-order valence-corrected chi connectivity index (χ3v) is 6.10. The Hall–Kier alpha value is -2.69. The maximum absolute atomic E-state index is 6.00. The molecule has 5 heteroatoms. The number of ether oxygens (including phenoxy) is 3. The predicted octanol–water partition coefficient (Wildman–Crippen LogP) is 6.14. The van der Waals surface area contributed by atoms with Gasteiger partial charge in [-0.25, -0.2) is 0 Å². The van der Waals surface area contributed by atoms with Crippen molar-refractivity contribution < 1.29 is 14.2 Å². The summed E-state index contributed by atoms with van der Waals surface area (Å²) >= 11 is 5.96. The molecule has 0 bridgehead atoms. The number of hydrogen-bond acceptors (Lipinski definition) is 4. The van der Waals surface area contributed by atoms with Crippen molar-refractivity contribution in [2.45, 2.75) is 32.4 Å². The average molecular weight is 438 g/mol. The van der Waals surface area contributed by atoms with Crippen LogP contribution in [0.5, 0.6) is 23.0 Å². The first-order valence-corrected chi connectivity index (χ1v) is 10.9. The Labute approximate surface area is 189 Å². The molecule has 0 aliphatic carbocycles. The maximum Gasteiger partial charge on any atom is 0.161 e. The maximum atomic E-state index is 6.00. The highest BCUT2D eigenvalue weighted by Gasteiger charge is 2.23. The molecule has 0 spiro atoms. The van der Waals surface area contributed by atoms with Gasteiger partial charge in [0.25, 0.3) is 0 Å². The molecule has 1 aliphatic rings. The fraction of sp³-hybridized carbons (Fsp3) is 0.308. The van der Waals surface area contributed by atoms with Gasteiger partial charge in [-0.1, -0.05) is 23.7 Å². The Morgan fingerprint density at radius 1 is 0.903 bits per heavy atom. The molecule has 0 radical (unpaired) electrons. The van der Waals surface area contributed by atoms with Crippen molar-refractivity contribution in [3.05, 3.63) is 82.4 Å². The number of rotatable bonds is 7. The fourth-order valence-corrected chi connectivity index (χ4v) is 4.25. The first-order valence-electron chi connectivity index (χ1n) is 10.6. The summed E-state index contributed by atoms with van der Waals surface area (Å²) in [5.74, 6) is 3.22. The molecule has 162 valence electrons. The number of hydrogen-bond donors (Lipinski definition) is 0. The van der Waals surface area contributed by atoms with E-state index in [1.807, 2.05) is 30.3 Å². The van der Waals surface area contributed by atoms with Gasteiger partial charge in [-0.05, 0) is 85.0 Å². The van der Waals surface area contributed by atoms with Crippen molar-refractivity contribution in [2.75, 3.05) is 20.8 Å². The van der Waals surface area contributed by atoms with Gasteiger partial charge in [-0.3, -0.25) is 4.90 Å². The minimum atomic E-state index is 0.409. The van der Waals surface area contributed by atoms with Gasteiger partial charge in [0.2, 0.25) is 0 Å². The average Bonchev–Trinajstić information content (AvgIpc) is 2.79. The van der Waals surface area contributed by atoms with Crippen LogP contribution in [0.4, 0.5) is 0 Å². The number of benzene rings is 3. The van der Waals surface area contributed by atoms with Crippen molar-refractivity contribution in [2.24, 2.45) is 0 Å². The van der Waals surface area contributed by atoms with Gasteiger partial charge in [0.1, 0.15) is 11.5 Å². The molecule has 0 aromatic heterocycles. The molecule has 1 heterocycles. The van der Waals surface area contributed by atoms with E-state index in [1.165, 1.54) is 16.7 Å². The summed E-state index contributed by atoms with van der Waals surface area (Å²) in [6.45, 7) is 4.24. The number of nitrogens with zero attached hydrogens (tertiary/aromatic N) is 1. The van der Waals surface area contributed by atoms with Crippen molar-refractivity contribution in [3.8, 4) is 23.0 Å². The molecule has 31 heavy (non-hydrogen) atoms. The van der Waals surface area contributed by atoms with E-state index >= 15 is 0 Å². The molecule has 0 saturated heterocycles. The highest BCUT2D eigenvalue weighted by molar-refractivity contribution is 6.30. The second kappa shape index (κ2) is 9.63. The number of fused-ring (bicyclic) bond motifs is 1. The standard InChI is InChI=1S/C26H28ClNO3/c1-18(28-12-11-20-15-25(29-2)26(30-3)16-21(20)17-28)13-19-5-4-6-24(14-19)31-23-9-7-22(27)8-10-23/h4-10,14-16,18H,11-13,17H2,1-3H3. The molecular weight excluding hydrogens is 410 g/mol. The van der Waals surface area contributed by atoms with Crippen LogP contribution in [0.3, 0.4) is 0 Å². The van der Waals surface area contributed by atoms with Gasteiger partial charge < -0.3 is 14.2 Å². The molecule has 1 unspecified atom stereocenters. The van der Waals surface area contributed by atoms with Gasteiger partial charge in [-0.15, -0.1) is 0 Å². The summed E-state index contributed by atoms with van der Waals surface area (Å²) in [5.41, 5.74) is 3.92. The van der Waals surface area contributed by atoms with Crippen LogP contribution in [0, 0.1) is 0 Å². The van der Waals surface area contributed by atoms with E-state index in [1.54, 1.807) is 14.2 Å². The molecule has 4 nitrogen and oxygen atoms in total. The van der Waals surface area contributed by atoms with Crippen LogP contribution < -0.4 is 14.2 Å². The Balaban J connectivity index is 1.43. The summed E-state index contributed by atoms with van der Waals surface area (Å²) in [4.78, 5) is 2.53. The molecule has 0 amide bonds. The van der Waals surface area contributed by atoms with E-state index in [0.29, 0.717) is 11.1 Å². The molecule has 0 fully saturated rings. The topological polar surface area (TPSA) is 30.9 Å². The van der Waals surface area contributed by atoms with Crippen molar-refractivity contribution in [3.63, 3.8) is 0 Å². The van der Waals surface area contributed by atoms with Gasteiger partial charge in [0.15, 0.2) is 11.5 Å². The molecule has 1 aliphatic heterocycles. The van der Waals surface area contributed by atoms with Gasteiger partial charge in [0.05, 0.1) is 14.2 Å². The molecule has 0 N–H and O–H groups in total. The van der Waals surface area contributed by atoms with Gasteiger partial charge in [-0.2, -0.15) is 0 Å². The molecular formula is C26H28ClNO3. The Morgan fingerprint density at radius 2 is 1.61 bits per heavy atom. The Kier molecular flexibility index (Phi) is 6.69. The van der Waals surface area contributed by atoms with Crippen LogP contribution in [-0.2, 0) is 19.4 Å². The number of halogens is 1. The zero-order valence-electron chi connectivity index (χ0n) is 18.2. The fourth-order valence-electron chi connectivity index (χ4n) is 4.13. The van der Waals surface area contributed by atoms with E-state index in [4.69, 9.17) is 25.8 Å². The highest BCUT2D eigenvalue weighted by atomic mass is 35.5. The van der Waals surface area contributed by atoms with E-state index < -0.39 is 0 Å². The van der Waals surface area contributed by atoms with E-state index in [9.17, 15) is 0 Å². The predicted molar refractivity (Wildman–Crippen MR) is 125 cm³/mol. The van der Waals surface area contributed by atoms with Crippen LogP contribution in [0.1, 0.15) is 23.6 Å². The molecule has 1 atom stereocenters. The van der Waals surface area contributed by atoms with Crippen molar-refractivity contribution >= 4 is 11.6 Å². The van der Waals surface area contributed by atoms with E-state index in [0.717, 1.165) is 48.9 Å². The molecule has 3 aromatic carbocycles. The van der Waals surface area contributed by atoms with Crippen LogP contribution >= 0.6 is 11.6 Å². The van der Waals surface area contributed by atoms with Crippen LogP contribution in [0.2, 0.25) is 5.02 Å². The second-order valence-corrected chi connectivity index (χ2v) is 8.39. The summed E-state index contributed by atoms with van der Waals surface area (Å²) < 4.78 is 17.0. The monoisotopic (exact) mass is 437 g/mol. The zero-order chi connectivity index (χ0) is 21.8. The van der Waals surface area contributed by atoms with Crippen LogP contribution in [0.15, 0.2) is 60.7 Å². The lowest BCUT2D eigenvalue weighted by molar-refractivity contribution is 0.189. The lowest BCUT2D eigenvalue weighted by Crippen LogP contribution is -2.38. The lowest BCUT2D eigenvalue weighted by Gasteiger charge is -2.34. The molecule has 3 aromatic rings. The first-order chi connectivity index (χ1) is 15.1. The highest BCUT2D eigenvalue weighted by Crippen LogP contribution is 2.34. The third-order valence-electron chi connectivity index (χ3n) is 5.85. The third kappa shape index (κ3) is 5.15. The van der Waals surface area contributed by atoms with Crippen LogP contribution in [0.25, 0.3) is 0 Å². The van der Waals surface area contributed by atoms with Crippen molar-refractivity contribution in [1.29, 1.82) is 0 Å². The smallest absolute Gasteiger partial charge is 0.161 e. The minimum Gasteiger partial charge on any atom is -0.493 e. The zero-order valence-corrected chi connectivity index (χ0v) is 19.0. The normalized spacial score (nSPS) is 14.6. The summed E-state index contributed by atoms with van der Waals surface area (Å²) in [5, 5.41) is 0.703. The Morgan fingerprint density at radius 3 is 2.32 bits per heavy atom. The van der Waals surface area contributed by atoms with E-state index in [2.05, 4.69) is 42.2 Å². The first kappa shape index (κ1) is 21.5. The largest absolute Gasteiger partial charge is 0.493 e. The quantitative estimate of drug-likeness (QED) is 0.444. The van der Waals surface area contributed by atoms with Crippen LogP contribution in [-0.4, -0.2) is 31.7 Å². The number of methoxy groups -OCH3 is 2. The summed E-state index contributed by atoms with van der Waals surface area (Å²) in [6.07, 6.45) is 1.97. The minimum absolute atomic E-state index is 0.409. The molecule has 4 rings (SSSR count). The van der Waals surface area contributed by atoms with Gasteiger partial charge >= 0.3 is 0 Å². The SMILES string of the molecule is COc1cc2c(cc1OC)CN(C(C)Cc1cccc(Oc3ccc(Cl)cc3)c1)CC2.